The first-order chi connectivity index (χ1) is 10.1. The van der Waals surface area contributed by atoms with Crippen LogP contribution in [0.25, 0.3) is 11.4 Å². The first kappa shape index (κ1) is 14.8. The van der Waals surface area contributed by atoms with E-state index in [1.54, 1.807) is 24.9 Å². The molecule has 2 rings (SSSR count). The van der Waals surface area contributed by atoms with Crippen molar-refractivity contribution in [1.29, 1.82) is 0 Å². The van der Waals surface area contributed by atoms with E-state index >= 15 is 0 Å². The second kappa shape index (κ2) is 6.74. The van der Waals surface area contributed by atoms with Gasteiger partial charge in [-0.05, 0) is 19.1 Å². The monoisotopic (exact) mass is 290 g/mol. The number of hydrogen-bond acceptors (Lipinski definition) is 6. The summed E-state index contributed by atoms with van der Waals surface area (Å²) in [4.78, 5) is 25.4. The minimum atomic E-state index is -0.389. The van der Waals surface area contributed by atoms with Crippen LogP contribution in [-0.2, 0) is 9.53 Å². The highest BCUT2D eigenvalue weighted by atomic mass is 19.1. The molecule has 21 heavy (non-hydrogen) atoms. The van der Waals surface area contributed by atoms with Crippen LogP contribution in [0.2, 0.25) is 0 Å². The third-order valence-electron chi connectivity index (χ3n) is 2.64. The lowest BCUT2D eigenvalue weighted by atomic mass is 10.2. The molecule has 110 valence electrons. The smallest absolute Gasteiger partial charge is 0.325 e. The summed E-state index contributed by atoms with van der Waals surface area (Å²) in [6.07, 6.45) is 2.90. The van der Waals surface area contributed by atoms with Gasteiger partial charge in [0, 0.05) is 25.5 Å². The molecule has 0 aliphatic rings. The Hall–Kier alpha value is -2.57. The van der Waals surface area contributed by atoms with E-state index < -0.39 is 0 Å². The molecule has 0 radical (unpaired) electrons. The molecule has 2 heterocycles. The SMILES string of the molecule is CCOC(=O)CN(C)c1nccc(-c2cc(F)ccn2)n1. The summed E-state index contributed by atoms with van der Waals surface area (Å²) in [6, 6.07) is 4.18. The number of ether oxygens (including phenoxy) is 1. The molecule has 0 saturated carbocycles. The average molecular weight is 290 g/mol. The third-order valence-corrected chi connectivity index (χ3v) is 2.64. The van der Waals surface area contributed by atoms with Crippen LogP contribution in [0.3, 0.4) is 0 Å². The molecule has 7 heteroatoms. The third kappa shape index (κ3) is 3.95. The number of halogens is 1. The number of aromatic nitrogens is 3. The second-order valence-corrected chi connectivity index (χ2v) is 4.26. The van der Waals surface area contributed by atoms with E-state index in [1.165, 1.54) is 24.5 Å². The predicted molar refractivity (Wildman–Crippen MR) is 75.1 cm³/mol. The first-order valence-electron chi connectivity index (χ1n) is 6.42. The number of carbonyl (C=O) groups is 1. The molecule has 2 aromatic rings. The fraction of sp³-hybridized carbons (Fsp3) is 0.286. The van der Waals surface area contributed by atoms with Crippen LogP contribution in [0, 0.1) is 5.82 Å². The Morgan fingerprint density at radius 2 is 2.05 bits per heavy atom. The molecule has 0 aromatic carbocycles. The molecule has 0 spiro atoms. The van der Waals surface area contributed by atoms with E-state index in [4.69, 9.17) is 4.74 Å². The largest absolute Gasteiger partial charge is 0.465 e. The van der Waals surface area contributed by atoms with Crippen LogP contribution in [0.4, 0.5) is 10.3 Å². The summed E-state index contributed by atoms with van der Waals surface area (Å²) in [7, 11) is 1.68. The summed E-state index contributed by atoms with van der Waals surface area (Å²) >= 11 is 0. The highest BCUT2D eigenvalue weighted by Gasteiger charge is 2.12. The first-order valence-corrected chi connectivity index (χ1v) is 6.42. The average Bonchev–Trinajstić information content (AvgIpc) is 2.47. The van der Waals surface area contributed by atoms with Crippen molar-refractivity contribution in [2.75, 3.05) is 25.1 Å². The maximum Gasteiger partial charge on any atom is 0.325 e. The zero-order valence-electron chi connectivity index (χ0n) is 11.8. The number of pyridine rings is 1. The molecule has 0 fully saturated rings. The quantitative estimate of drug-likeness (QED) is 0.780. The van der Waals surface area contributed by atoms with Gasteiger partial charge in [-0.15, -0.1) is 0 Å². The van der Waals surface area contributed by atoms with Crippen LogP contribution >= 0.6 is 0 Å². The molecular weight excluding hydrogens is 275 g/mol. The summed E-state index contributed by atoms with van der Waals surface area (Å²) in [5, 5.41) is 0. The van der Waals surface area contributed by atoms with Crippen molar-refractivity contribution in [1.82, 2.24) is 15.0 Å². The van der Waals surface area contributed by atoms with E-state index in [-0.39, 0.29) is 18.3 Å². The molecule has 0 unspecified atom stereocenters. The van der Waals surface area contributed by atoms with E-state index in [0.29, 0.717) is 23.9 Å². The van der Waals surface area contributed by atoms with Crippen molar-refractivity contribution in [3.63, 3.8) is 0 Å². The topological polar surface area (TPSA) is 68.2 Å². The Morgan fingerprint density at radius 3 is 2.76 bits per heavy atom. The van der Waals surface area contributed by atoms with Gasteiger partial charge < -0.3 is 9.64 Å². The second-order valence-electron chi connectivity index (χ2n) is 4.26. The number of carbonyl (C=O) groups excluding carboxylic acids is 1. The van der Waals surface area contributed by atoms with Gasteiger partial charge in [-0.2, -0.15) is 0 Å². The summed E-state index contributed by atoms with van der Waals surface area (Å²) in [5.41, 5.74) is 0.887. The van der Waals surface area contributed by atoms with Gasteiger partial charge >= 0.3 is 5.97 Å². The molecule has 0 aliphatic carbocycles. The fourth-order valence-electron chi connectivity index (χ4n) is 1.69. The number of esters is 1. The number of nitrogens with zero attached hydrogens (tertiary/aromatic N) is 4. The molecule has 6 nitrogen and oxygen atoms in total. The Kier molecular flexibility index (Phi) is 4.76. The molecule has 2 aromatic heterocycles. The van der Waals surface area contributed by atoms with Crippen LogP contribution in [0.15, 0.2) is 30.6 Å². The summed E-state index contributed by atoms with van der Waals surface area (Å²) < 4.78 is 18.1. The lowest BCUT2D eigenvalue weighted by Crippen LogP contribution is -2.28. The maximum atomic E-state index is 13.2. The molecule has 0 N–H and O–H groups in total. The Morgan fingerprint density at radius 1 is 1.29 bits per heavy atom. The fourth-order valence-corrected chi connectivity index (χ4v) is 1.69. The van der Waals surface area contributed by atoms with Crippen LogP contribution in [-0.4, -0.2) is 41.1 Å². The van der Waals surface area contributed by atoms with E-state index in [1.807, 2.05) is 0 Å². The van der Waals surface area contributed by atoms with Crippen molar-refractivity contribution in [2.45, 2.75) is 6.92 Å². The van der Waals surface area contributed by atoms with Crippen molar-refractivity contribution in [2.24, 2.45) is 0 Å². The zero-order valence-corrected chi connectivity index (χ0v) is 11.8. The Bertz CT molecular complexity index is 636. The van der Waals surface area contributed by atoms with Gasteiger partial charge in [-0.1, -0.05) is 0 Å². The van der Waals surface area contributed by atoms with Gasteiger partial charge in [0.25, 0.3) is 0 Å². The van der Waals surface area contributed by atoms with Crippen molar-refractivity contribution >= 4 is 11.9 Å². The van der Waals surface area contributed by atoms with Crippen LogP contribution in [0.1, 0.15) is 6.92 Å². The minimum Gasteiger partial charge on any atom is -0.465 e. The van der Waals surface area contributed by atoms with Crippen LogP contribution in [0.5, 0.6) is 0 Å². The number of anilines is 1. The van der Waals surface area contributed by atoms with Crippen molar-refractivity contribution < 1.29 is 13.9 Å². The molecular formula is C14H15FN4O2. The minimum absolute atomic E-state index is 0.0356. The highest BCUT2D eigenvalue weighted by Crippen LogP contribution is 2.16. The number of likely N-dealkylation sites (N-methyl/N-ethyl adjacent to an activating group) is 1. The lowest BCUT2D eigenvalue weighted by molar-refractivity contribution is -0.141. The molecule has 0 saturated heterocycles. The van der Waals surface area contributed by atoms with Crippen LogP contribution < -0.4 is 4.90 Å². The van der Waals surface area contributed by atoms with Gasteiger partial charge in [-0.3, -0.25) is 9.78 Å². The van der Waals surface area contributed by atoms with E-state index in [0.717, 1.165) is 0 Å². The van der Waals surface area contributed by atoms with Gasteiger partial charge in [-0.25, -0.2) is 14.4 Å². The maximum absolute atomic E-state index is 13.2. The molecule has 0 bridgehead atoms. The zero-order chi connectivity index (χ0) is 15.2. The van der Waals surface area contributed by atoms with E-state index in [9.17, 15) is 9.18 Å². The standard InChI is InChI=1S/C14H15FN4O2/c1-3-21-13(20)9-19(2)14-17-7-5-11(18-14)12-8-10(15)4-6-16-12/h4-8H,3,9H2,1-2H3. The Labute approximate surface area is 121 Å². The number of hydrogen-bond donors (Lipinski definition) is 0. The summed E-state index contributed by atoms with van der Waals surface area (Å²) in [5.74, 6) is -0.412. The molecule has 0 amide bonds. The van der Waals surface area contributed by atoms with Gasteiger partial charge in [0.2, 0.25) is 5.95 Å². The Balaban J connectivity index is 2.19. The van der Waals surface area contributed by atoms with Crippen molar-refractivity contribution in [3.05, 3.63) is 36.4 Å². The molecule has 0 aliphatic heterocycles. The molecule has 0 atom stereocenters. The predicted octanol–water partition coefficient (Wildman–Crippen LogP) is 1.68. The van der Waals surface area contributed by atoms with Gasteiger partial charge in [0.05, 0.1) is 18.0 Å². The summed E-state index contributed by atoms with van der Waals surface area (Å²) in [6.45, 7) is 2.10. The lowest BCUT2D eigenvalue weighted by Gasteiger charge is -2.16. The highest BCUT2D eigenvalue weighted by molar-refractivity contribution is 5.74. The normalized spacial score (nSPS) is 10.2. The van der Waals surface area contributed by atoms with Gasteiger partial charge in [0.15, 0.2) is 0 Å². The van der Waals surface area contributed by atoms with Gasteiger partial charge in [0.1, 0.15) is 12.4 Å². The van der Waals surface area contributed by atoms with Crippen molar-refractivity contribution in [3.8, 4) is 11.4 Å². The number of rotatable bonds is 5. The van der Waals surface area contributed by atoms with E-state index in [2.05, 4.69) is 15.0 Å².